The molecule has 0 aliphatic carbocycles. The third-order valence-corrected chi connectivity index (χ3v) is 3.96. The second-order valence-corrected chi connectivity index (χ2v) is 7.33. The number of carbonyl (C=O) groups excluding carboxylic acids is 1. The van der Waals surface area contributed by atoms with Gasteiger partial charge in [-0.1, -0.05) is 39.5 Å². The highest BCUT2D eigenvalue weighted by Crippen LogP contribution is 2.22. The molecular formula is C21H27N3O. The third-order valence-electron chi connectivity index (χ3n) is 3.96. The van der Waals surface area contributed by atoms with Crippen molar-refractivity contribution in [3.8, 4) is 0 Å². The van der Waals surface area contributed by atoms with Gasteiger partial charge in [0.05, 0.1) is 0 Å². The SMILES string of the molecule is C=C(NC(=O)c1ccc(C(C)(C)C)cc1)Nc1ccc(N(C)C)cc1. The largest absolute Gasteiger partial charge is 0.378 e. The molecule has 0 radical (unpaired) electrons. The molecule has 0 atom stereocenters. The Hall–Kier alpha value is -2.75. The maximum Gasteiger partial charge on any atom is 0.256 e. The molecule has 132 valence electrons. The number of hydrogen-bond acceptors (Lipinski definition) is 3. The molecule has 0 unspecified atom stereocenters. The van der Waals surface area contributed by atoms with E-state index in [1.54, 1.807) is 0 Å². The van der Waals surface area contributed by atoms with Crippen molar-refractivity contribution in [1.29, 1.82) is 0 Å². The van der Waals surface area contributed by atoms with Crippen molar-refractivity contribution in [3.63, 3.8) is 0 Å². The molecule has 2 aromatic carbocycles. The zero-order chi connectivity index (χ0) is 18.6. The number of benzene rings is 2. The third kappa shape index (κ3) is 5.11. The summed E-state index contributed by atoms with van der Waals surface area (Å²) in [6.07, 6.45) is 0. The first-order chi connectivity index (χ1) is 11.7. The van der Waals surface area contributed by atoms with Crippen LogP contribution < -0.4 is 15.5 Å². The molecule has 0 spiro atoms. The van der Waals surface area contributed by atoms with Crippen LogP contribution in [0.15, 0.2) is 60.9 Å². The standard InChI is InChI=1S/C21H27N3O/c1-15(22-18-11-13-19(14-12-18)24(5)6)23-20(25)16-7-9-17(10-8-16)21(2,3)4/h7-14,22H,1H2,2-6H3,(H,23,25). The number of anilines is 2. The van der Waals surface area contributed by atoms with Gasteiger partial charge in [-0.25, -0.2) is 0 Å². The number of carbonyl (C=O) groups is 1. The summed E-state index contributed by atoms with van der Waals surface area (Å²) in [5, 5.41) is 5.88. The van der Waals surface area contributed by atoms with Crippen LogP contribution >= 0.6 is 0 Å². The van der Waals surface area contributed by atoms with Crippen LogP contribution in [0.2, 0.25) is 0 Å². The Kier molecular flexibility index (Phi) is 5.52. The summed E-state index contributed by atoms with van der Waals surface area (Å²) in [4.78, 5) is 14.4. The van der Waals surface area contributed by atoms with E-state index in [0.717, 1.165) is 11.4 Å². The molecule has 4 heteroatoms. The van der Waals surface area contributed by atoms with Gasteiger partial charge in [-0.15, -0.1) is 0 Å². The normalized spacial score (nSPS) is 10.9. The molecule has 0 aliphatic heterocycles. The van der Waals surface area contributed by atoms with E-state index >= 15 is 0 Å². The molecule has 0 aliphatic rings. The first-order valence-electron chi connectivity index (χ1n) is 8.32. The van der Waals surface area contributed by atoms with Gasteiger partial charge in [0.1, 0.15) is 5.82 Å². The Morgan fingerprint density at radius 3 is 2.00 bits per heavy atom. The summed E-state index contributed by atoms with van der Waals surface area (Å²) in [7, 11) is 3.99. The smallest absolute Gasteiger partial charge is 0.256 e. The fraction of sp³-hybridized carbons (Fsp3) is 0.286. The van der Waals surface area contributed by atoms with Gasteiger partial charge >= 0.3 is 0 Å². The lowest BCUT2D eigenvalue weighted by molar-refractivity contribution is 0.0966. The highest BCUT2D eigenvalue weighted by atomic mass is 16.1. The van der Waals surface area contributed by atoms with Crippen molar-refractivity contribution < 1.29 is 4.79 Å². The number of nitrogens with zero attached hydrogens (tertiary/aromatic N) is 1. The average Bonchev–Trinajstić information content (AvgIpc) is 2.54. The molecule has 0 fully saturated rings. The van der Waals surface area contributed by atoms with Crippen molar-refractivity contribution in [2.45, 2.75) is 26.2 Å². The maximum atomic E-state index is 12.3. The minimum Gasteiger partial charge on any atom is -0.378 e. The van der Waals surface area contributed by atoms with Gasteiger partial charge in [0, 0.05) is 31.0 Å². The molecule has 2 N–H and O–H groups in total. The molecule has 25 heavy (non-hydrogen) atoms. The van der Waals surface area contributed by atoms with E-state index in [9.17, 15) is 4.79 Å². The number of rotatable bonds is 5. The summed E-state index contributed by atoms with van der Waals surface area (Å²) < 4.78 is 0. The Morgan fingerprint density at radius 2 is 1.52 bits per heavy atom. The Morgan fingerprint density at radius 1 is 0.960 bits per heavy atom. The molecular weight excluding hydrogens is 310 g/mol. The Bertz CT molecular complexity index is 738. The summed E-state index contributed by atoms with van der Waals surface area (Å²) in [6.45, 7) is 10.3. The lowest BCUT2D eigenvalue weighted by atomic mass is 9.87. The minimum absolute atomic E-state index is 0.0683. The number of nitrogens with one attached hydrogen (secondary N) is 2. The van der Waals surface area contributed by atoms with Crippen LogP contribution in [0.3, 0.4) is 0 Å². The lowest BCUT2D eigenvalue weighted by Gasteiger charge is -2.19. The highest BCUT2D eigenvalue weighted by molar-refractivity contribution is 5.95. The van der Waals surface area contributed by atoms with Crippen LogP contribution in [0.4, 0.5) is 11.4 Å². The molecule has 2 rings (SSSR count). The van der Waals surface area contributed by atoms with Crippen LogP contribution in [0.5, 0.6) is 0 Å². The van der Waals surface area contributed by atoms with Crippen LogP contribution in [0.25, 0.3) is 0 Å². The van der Waals surface area contributed by atoms with Gasteiger partial charge in [-0.05, 0) is 47.4 Å². The predicted octanol–water partition coefficient (Wildman–Crippen LogP) is 4.36. The zero-order valence-corrected chi connectivity index (χ0v) is 15.7. The number of amides is 1. The van der Waals surface area contributed by atoms with Gasteiger partial charge in [0.25, 0.3) is 5.91 Å². The second kappa shape index (κ2) is 7.43. The average molecular weight is 337 g/mol. The van der Waals surface area contributed by atoms with Crippen molar-refractivity contribution in [2.24, 2.45) is 0 Å². The van der Waals surface area contributed by atoms with E-state index in [0.29, 0.717) is 11.4 Å². The molecule has 1 amide bonds. The summed E-state index contributed by atoms with van der Waals surface area (Å²) in [6, 6.07) is 15.6. The van der Waals surface area contributed by atoms with E-state index in [2.05, 4.69) is 38.0 Å². The topological polar surface area (TPSA) is 44.4 Å². The van der Waals surface area contributed by atoms with Gasteiger partial charge in [0.2, 0.25) is 0 Å². The highest BCUT2D eigenvalue weighted by Gasteiger charge is 2.14. The Balaban J connectivity index is 1.96. The molecule has 0 heterocycles. The molecule has 0 saturated heterocycles. The van der Waals surface area contributed by atoms with Gasteiger partial charge in [-0.3, -0.25) is 4.79 Å². The van der Waals surface area contributed by atoms with E-state index in [4.69, 9.17) is 0 Å². The van der Waals surface area contributed by atoms with E-state index < -0.39 is 0 Å². The van der Waals surface area contributed by atoms with Crippen molar-refractivity contribution in [3.05, 3.63) is 72.1 Å². The fourth-order valence-electron chi connectivity index (χ4n) is 2.38. The van der Waals surface area contributed by atoms with Crippen molar-refractivity contribution in [1.82, 2.24) is 5.32 Å². The van der Waals surface area contributed by atoms with Crippen LogP contribution in [-0.4, -0.2) is 20.0 Å². The first-order valence-corrected chi connectivity index (χ1v) is 8.32. The first kappa shape index (κ1) is 18.6. The summed E-state index contributed by atoms with van der Waals surface area (Å²) in [5.41, 5.74) is 3.86. The zero-order valence-electron chi connectivity index (χ0n) is 15.7. The fourth-order valence-corrected chi connectivity index (χ4v) is 2.38. The molecule has 0 aromatic heterocycles. The summed E-state index contributed by atoms with van der Waals surface area (Å²) >= 11 is 0. The minimum atomic E-state index is -0.178. The number of hydrogen-bond donors (Lipinski definition) is 2. The van der Waals surface area contributed by atoms with Crippen molar-refractivity contribution in [2.75, 3.05) is 24.3 Å². The van der Waals surface area contributed by atoms with Crippen LogP contribution in [-0.2, 0) is 5.41 Å². The van der Waals surface area contributed by atoms with Gasteiger partial charge in [0.15, 0.2) is 0 Å². The van der Waals surface area contributed by atoms with Crippen LogP contribution in [0.1, 0.15) is 36.7 Å². The van der Waals surface area contributed by atoms with Gasteiger partial charge in [-0.2, -0.15) is 0 Å². The van der Waals surface area contributed by atoms with Crippen molar-refractivity contribution >= 4 is 17.3 Å². The predicted molar refractivity (Wildman–Crippen MR) is 106 cm³/mol. The molecule has 0 saturated carbocycles. The van der Waals surface area contributed by atoms with E-state index in [-0.39, 0.29) is 11.3 Å². The molecule has 0 bridgehead atoms. The lowest BCUT2D eigenvalue weighted by Crippen LogP contribution is -2.26. The quantitative estimate of drug-likeness (QED) is 0.852. The van der Waals surface area contributed by atoms with E-state index in [1.165, 1.54) is 5.56 Å². The maximum absolute atomic E-state index is 12.3. The monoisotopic (exact) mass is 337 g/mol. The Labute approximate surface area is 150 Å². The second-order valence-electron chi connectivity index (χ2n) is 7.33. The van der Waals surface area contributed by atoms with Crippen LogP contribution in [0, 0.1) is 0 Å². The molecule has 2 aromatic rings. The summed E-state index contributed by atoms with van der Waals surface area (Å²) in [5.74, 6) is 0.269. The van der Waals surface area contributed by atoms with E-state index in [1.807, 2.05) is 67.5 Å². The molecule has 4 nitrogen and oxygen atoms in total. The van der Waals surface area contributed by atoms with Gasteiger partial charge < -0.3 is 15.5 Å².